The maximum atomic E-state index is 13.6. The van der Waals surface area contributed by atoms with E-state index in [4.69, 9.17) is 23.2 Å². The van der Waals surface area contributed by atoms with E-state index in [1.165, 1.54) is 6.07 Å². The highest BCUT2D eigenvalue weighted by Crippen LogP contribution is 2.24. The minimum Gasteiger partial charge on any atom is -0.325 e. The number of amides is 1. The van der Waals surface area contributed by atoms with Gasteiger partial charge in [0, 0.05) is 17.8 Å². The monoisotopic (exact) mass is 340 g/mol. The molecule has 0 fully saturated rings. The van der Waals surface area contributed by atoms with Crippen molar-refractivity contribution in [3.8, 4) is 0 Å². The Hall–Kier alpha value is -1.62. The minimum absolute atomic E-state index is 0.134. The Bertz CT molecular complexity index is 679. The lowest BCUT2D eigenvalue weighted by atomic mass is 10.2. The second kappa shape index (κ2) is 7.58. The Kier molecular flexibility index (Phi) is 5.77. The first-order valence-corrected chi connectivity index (χ1v) is 7.38. The van der Waals surface area contributed by atoms with Gasteiger partial charge in [-0.3, -0.25) is 9.69 Å². The van der Waals surface area contributed by atoms with Gasteiger partial charge in [-0.25, -0.2) is 4.39 Å². The van der Waals surface area contributed by atoms with Crippen molar-refractivity contribution in [1.29, 1.82) is 0 Å². The van der Waals surface area contributed by atoms with Gasteiger partial charge in [0.1, 0.15) is 5.82 Å². The number of benzene rings is 2. The number of carbonyl (C=O) groups excluding carboxylic acids is 1. The van der Waals surface area contributed by atoms with Crippen LogP contribution in [0.15, 0.2) is 42.5 Å². The zero-order valence-electron chi connectivity index (χ0n) is 11.9. The van der Waals surface area contributed by atoms with Crippen LogP contribution in [0, 0.1) is 5.82 Å². The maximum Gasteiger partial charge on any atom is 0.238 e. The molecule has 0 aliphatic heterocycles. The van der Waals surface area contributed by atoms with E-state index in [0.717, 1.165) is 0 Å². The van der Waals surface area contributed by atoms with E-state index in [9.17, 15) is 9.18 Å². The smallest absolute Gasteiger partial charge is 0.238 e. The fourth-order valence-corrected chi connectivity index (χ4v) is 2.29. The summed E-state index contributed by atoms with van der Waals surface area (Å²) in [5, 5.41) is 3.53. The van der Waals surface area contributed by atoms with Crippen LogP contribution >= 0.6 is 23.2 Å². The Morgan fingerprint density at radius 3 is 2.59 bits per heavy atom. The fourth-order valence-electron chi connectivity index (χ4n) is 1.99. The molecular formula is C16H15Cl2FN2O. The molecule has 0 unspecified atom stereocenters. The van der Waals surface area contributed by atoms with E-state index < -0.39 is 0 Å². The van der Waals surface area contributed by atoms with Crippen molar-refractivity contribution in [2.75, 3.05) is 18.9 Å². The van der Waals surface area contributed by atoms with Gasteiger partial charge in [0.15, 0.2) is 0 Å². The zero-order chi connectivity index (χ0) is 16.1. The van der Waals surface area contributed by atoms with Gasteiger partial charge in [-0.15, -0.1) is 0 Å². The molecule has 2 aromatic rings. The van der Waals surface area contributed by atoms with E-state index in [-0.39, 0.29) is 18.3 Å². The summed E-state index contributed by atoms with van der Waals surface area (Å²) in [5.74, 6) is -0.489. The van der Waals surface area contributed by atoms with Crippen molar-refractivity contribution < 1.29 is 9.18 Å². The molecule has 0 heterocycles. The minimum atomic E-state index is -0.278. The molecule has 2 rings (SSSR count). The van der Waals surface area contributed by atoms with Crippen LogP contribution in [0.5, 0.6) is 0 Å². The fraction of sp³-hybridized carbons (Fsp3) is 0.188. The van der Waals surface area contributed by atoms with Crippen molar-refractivity contribution in [1.82, 2.24) is 4.90 Å². The van der Waals surface area contributed by atoms with Crippen LogP contribution in [0.25, 0.3) is 0 Å². The third kappa shape index (κ3) is 4.70. The van der Waals surface area contributed by atoms with Crippen molar-refractivity contribution in [3.63, 3.8) is 0 Å². The van der Waals surface area contributed by atoms with E-state index in [2.05, 4.69) is 5.32 Å². The molecule has 0 radical (unpaired) electrons. The molecule has 0 spiro atoms. The summed E-state index contributed by atoms with van der Waals surface area (Å²) in [6.45, 7) is 0.482. The summed E-state index contributed by atoms with van der Waals surface area (Å²) in [7, 11) is 1.75. The van der Waals surface area contributed by atoms with Gasteiger partial charge in [-0.2, -0.15) is 0 Å². The third-order valence-corrected chi connectivity index (χ3v) is 3.75. The Morgan fingerprint density at radius 1 is 1.18 bits per heavy atom. The quantitative estimate of drug-likeness (QED) is 0.884. The average Bonchev–Trinajstić information content (AvgIpc) is 2.45. The summed E-state index contributed by atoms with van der Waals surface area (Å²) in [5.41, 5.74) is 1.12. The highest BCUT2D eigenvalue weighted by Gasteiger charge is 2.10. The summed E-state index contributed by atoms with van der Waals surface area (Å²) >= 11 is 11.7. The number of nitrogens with zero attached hydrogens (tertiary/aromatic N) is 1. The van der Waals surface area contributed by atoms with Gasteiger partial charge in [0.25, 0.3) is 0 Å². The Labute approximate surface area is 138 Å². The third-order valence-electron chi connectivity index (χ3n) is 3.01. The van der Waals surface area contributed by atoms with Crippen molar-refractivity contribution in [2.24, 2.45) is 0 Å². The van der Waals surface area contributed by atoms with Crippen LogP contribution in [0.3, 0.4) is 0 Å². The molecule has 0 saturated carbocycles. The van der Waals surface area contributed by atoms with Crippen molar-refractivity contribution >= 4 is 34.8 Å². The van der Waals surface area contributed by atoms with Gasteiger partial charge in [0.2, 0.25) is 5.91 Å². The van der Waals surface area contributed by atoms with E-state index >= 15 is 0 Å². The molecule has 0 saturated heterocycles. The molecule has 1 N–H and O–H groups in total. The van der Waals surface area contributed by atoms with Crippen LogP contribution in [-0.4, -0.2) is 24.4 Å². The van der Waals surface area contributed by atoms with Crippen molar-refractivity contribution in [2.45, 2.75) is 6.54 Å². The predicted octanol–water partition coefficient (Wildman–Crippen LogP) is 4.20. The Morgan fingerprint density at radius 2 is 1.91 bits per heavy atom. The predicted molar refractivity (Wildman–Crippen MR) is 87.8 cm³/mol. The number of anilines is 1. The van der Waals surface area contributed by atoms with E-state index in [0.29, 0.717) is 27.8 Å². The summed E-state index contributed by atoms with van der Waals surface area (Å²) in [6.07, 6.45) is 0. The highest BCUT2D eigenvalue weighted by molar-refractivity contribution is 6.42. The van der Waals surface area contributed by atoms with Gasteiger partial charge < -0.3 is 5.32 Å². The first-order chi connectivity index (χ1) is 10.5. The molecule has 2 aromatic carbocycles. The molecule has 0 aromatic heterocycles. The Balaban J connectivity index is 1.91. The molecule has 6 heteroatoms. The highest BCUT2D eigenvalue weighted by atomic mass is 35.5. The summed E-state index contributed by atoms with van der Waals surface area (Å²) in [6, 6.07) is 11.4. The molecule has 1 amide bonds. The SMILES string of the molecule is CN(CC(=O)Nc1ccc(Cl)c(Cl)c1)Cc1ccccc1F. The van der Waals surface area contributed by atoms with Crippen LogP contribution in [0.2, 0.25) is 10.0 Å². The van der Waals surface area contributed by atoms with Gasteiger partial charge in [0.05, 0.1) is 16.6 Å². The number of likely N-dealkylation sites (N-methyl/N-ethyl adjacent to an activating group) is 1. The van der Waals surface area contributed by atoms with Crippen LogP contribution in [0.1, 0.15) is 5.56 Å². The first kappa shape index (κ1) is 16.7. The van der Waals surface area contributed by atoms with E-state index in [1.807, 2.05) is 0 Å². The summed E-state index contributed by atoms with van der Waals surface area (Å²) < 4.78 is 13.6. The van der Waals surface area contributed by atoms with Crippen LogP contribution in [-0.2, 0) is 11.3 Å². The lowest BCUT2D eigenvalue weighted by Gasteiger charge is -2.17. The lowest BCUT2D eigenvalue weighted by molar-refractivity contribution is -0.117. The second-order valence-electron chi connectivity index (χ2n) is 4.94. The molecule has 3 nitrogen and oxygen atoms in total. The molecular weight excluding hydrogens is 326 g/mol. The van der Waals surface area contributed by atoms with E-state index in [1.54, 1.807) is 48.3 Å². The molecule has 0 aliphatic carbocycles. The second-order valence-corrected chi connectivity index (χ2v) is 5.76. The standard InChI is InChI=1S/C16H15Cl2FN2O/c1-21(9-11-4-2-3-5-15(11)19)10-16(22)20-12-6-7-13(17)14(18)8-12/h2-8H,9-10H2,1H3,(H,20,22). The average molecular weight is 341 g/mol. The van der Waals surface area contributed by atoms with Crippen LogP contribution < -0.4 is 5.32 Å². The number of rotatable bonds is 5. The largest absolute Gasteiger partial charge is 0.325 e. The number of nitrogens with one attached hydrogen (secondary N) is 1. The van der Waals surface area contributed by atoms with Gasteiger partial charge in [-0.05, 0) is 31.3 Å². The molecule has 0 bridgehead atoms. The number of hydrogen-bond acceptors (Lipinski definition) is 2. The van der Waals surface area contributed by atoms with Crippen molar-refractivity contribution in [3.05, 3.63) is 63.9 Å². The molecule has 0 atom stereocenters. The van der Waals surface area contributed by atoms with Gasteiger partial charge in [-0.1, -0.05) is 41.4 Å². The number of hydrogen-bond donors (Lipinski definition) is 1. The zero-order valence-corrected chi connectivity index (χ0v) is 13.5. The first-order valence-electron chi connectivity index (χ1n) is 6.62. The summed E-state index contributed by atoms with van der Waals surface area (Å²) in [4.78, 5) is 13.7. The van der Waals surface area contributed by atoms with Gasteiger partial charge >= 0.3 is 0 Å². The number of carbonyl (C=O) groups is 1. The maximum absolute atomic E-state index is 13.6. The molecule has 22 heavy (non-hydrogen) atoms. The lowest BCUT2D eigenvalue weighted by Crippen LogP contribution is -2.30. The normalized spacial score (nSPS) is 10.8. The topological polar surface area (TPSA) is 32.3 Å². The number of halogens is 3. The molecule has 116 valence electrons. The van der Waals surface area contributed by atoms with Crippen LogP contribution in [0.4, 0.5) is 10.1 Å². The molecule has 0 aliphatic rings.